The van der Waals surface area contributed by atoms with Gasteiger partial charge in [-0.15, -0.1) is 0 Å². The van der Waals surface area contributed by atoms with E-state index in [0.717, 1.165) is 34.6 Å². The molecule has 1 aromatic heterocycles. The molecule has 32 heavy (non-hydrogen) atoms. The maximum absolute atomic E-state index is 12.6. The smallest absolute Gasteiger partial charge is 0.283 e. The Labute approximate surface area is 194 Å². The SMILES string of the molecule is CCCCC1=NN2C(=N)/C(=C\c3ccc(Sc4cccc5ccccc45)o3)C(=O)N=C2S1. The zero-order valence-electron chi connectivity index (χ0n) is 17.4. The molecule has 0 radical (unpaired) electrons. The van der Waals surface area contributed by atoms with E-state index in [1.54, 1.807) is 12.1 Å². The number of nitrogens with one attached hydrogen (secondary N) is 1. The molecule has 0 unspecified atom stereocenters. The molecule has 0 saturated heterocycles. The van der Waals surface area contributed by atoms with Crippen LogP contribution in [-0.4, -0.2) is 27.0 Å². The highest BCUT2D eigenvalue weighted by Crippen LogP contribution is 2.35. The first-order valence-corrected chi connectivity index (χ1v) is 12.0. The monoisotopic (exact) mass is 460 g/mol. The van der Waals surface area contributed by atoms with Gasteiger partial charge in [-0.3, -0.25) is 10.2 Å². The van der Waals surface area contributed by atoms with Crippen LogP contribution >= 0.6 is 23.5 Å². The topological polar surface area (TPSA) is 82.0 Å². The average Bonchev–Trinajstić information content (AvgIpc) is 3.42. The normalized spacial score (nSPS) is 17.2. The molecule has 0 atom stereocenters. The van der Waals surface area contributed by atoms with Gasteiger partial charge in [0, 0.05) is 4.90 Å². The van der Waals surface area contributed by atoms with Gasteiger partial charge in [-0.25, -0.2) is 0 Å². The Hall–Kier alpha value is -3.10. The number of furan rings is 1. The Bertz CT molecular complexity index is 1320. The second-order valence-corrected chi connectivity index (χ2v) is 9.44. The molecule has 0 saturated carbocycles. The van der Waals surface area contributed by atoms with Gasteiger partial charge in [0.1, 0.15) is 10.8 Å². The fourth-order valence-corrected chi connectivity index (χ4v) is 5.32. The van der Waals surface area contributed by atoms with E-state index < -0.39 is 5.91 Å². The van der Waals surface area contributed by atoms with Crippen molar-refractivity contribution in [1.82, 2.24) is 5.01 Å². The van der Waals surface area contributed by atoms with Crippen molar-refractivity contribution in [2.45, 2.75) is 36.2 Å². The molecule has 1 amide bonds. The summed E-state index contributed by atoms with van der Waals surface area (Å²) in [6, 6.07) is 18.1. The molecule has 0 bridgehead atoms. The number of benzene rings is 2. The number of carbonyl (C=O) groups excluding carboxylic acids is 1. The summed E-state index contributed by atoms with van der Waals surface area (Å²) < 4.78 is 5.95. The Kier molecular flexibility index (Phi) is 5.71. The lowest BCUT2D eigenvalue weighted by Gasteiger charge is -2.19. The minimum atomic E-state index is -0.444. The molecule has 2 aliphatic rings. The van der Waals surface area contributed by atoms with Crippen LogP contribution in [0, 0.1) is 5.41 Å². The lowest BCUT2D eigenvalue weighted by Crippen LogP contribution is -2.35. The van der Waals surface area contributed by atoms with E-state index in [1.807, 2.05) is 24.3 Å². The van der Waals surface area contributed by atoms with Gasteiger partial charge in [-0.1, -0.05) is 61.5 Å². The summed E-state index contributed by atoms with van der Waals surface area (Å²) in [4.78, 5) is 17.8. The summed E-state index contributed by atoms with van der Waals surface area (Å²) in [6.45, 7) is 2.12. The highest BCUT2D eigenvalue weighted by molar-refractivity contribution is 8.26. The van der Waals surface area contributed by atoms with Gasteiger partial charge in [0.2, 0.25) is 5.17 Å². The number of carbonyl (C=O) groups is 1. The molecule has 0 aliphatic carbocycles. The second-order valence-electron chi connectivity index (χ2n) is 7.35. The molecule has 6 nitrogen and oxygen atoms in total. The zero-order valence-corrected chi connectivity index (χ0v) is 19.0. The number of aliphatic imine (C=N–C) groups is 1. The number of amides is 1. The van der Waals surface area contributed by atoms with E-state index in [1.165, 1.54) is 33.9 Å². The largest absolute Gasteiger partial charge is 0.450 e. The quantitative estimate of drug-likeness (QED) is 0.431. The van der Waals surface area contributed by atoms with Gasteiger partial charge in [-0.05, 0) is 59.7 Å². The van der Waals surface area contributed by atoms with E-state index in [9.17, 15) is 4.79 Å². The van der Waals surface area contributed by atoms with Crippen LogP contribution in [0.3, 0.4) is 0 Å². The Balaban J connectivity index is 1.38. The number of nitrogens with zero attached hydrogens (tertiary/aromatic N) is 3. The van der Waals surface area contributed by atoms with Crippen LogP contribution in [0.25, 0.3) is 16.8 Å². The van der Waals surface area contributed by atoms with Gasteiger partial charge < -0.3 is 4.42 Å². The summed E-state index contributed by atoms with van der Waals surface area (Å²) in [5, 5.41) is 18.8. The fraction of sp³-hybridized carbons (Fsp3) is 0.167. The van der Waals surface area contributed by atoms with Crippen molar-refractivity contribution in [2.24, 2.45) is 10.1 Å². The molecule has 2 aliphatic heterocycles. The first-order valence-electron chi connectivity index (χ1n) is 10.4. The number of amidine groups is 2. The zero-order chi connectivity index (χ0) is 22.1. The number of thioether (sulfide) groups is 1. The molecule has 3 aromatic rings. The van der Waals surface area contributed by atoms with Crippen molar-refractivity contribution < 1.29 is 9.21 Å². The van der Waals surface area contributed by atoms with Crippen LogP contribution in [0.5, 0.6) is 0 Å². The highest BCUT2D eigenvalue weighted by atomic mass is 32.2. The van der Waals surface area contributed by atoms with Crippen LogP contribution < -0.4 is 0 Å². The van der Waals surface area contributed by atoms with Gasteiger partial charge in [0.25, 0.3) is 5.91 Å². The predicted molar refractivity (Wildman–Crippen MR) is 131 cm³/mol. The number of rotatable bonds is 6. The van der Waals surface area contributed by atoms with Crippen molar-refractivity contribution in [1.29, 1.82) is 5.41 Å². The van der Waals surface area contributed by atoms with Crippen LogP contribution in [0.4, 0.5) is 0 Å². The average molecular weight is 461 g/mol. The minimum Gasteiger partial charge on any atom is -0.450 e. The van der Waals surface area contributed by atoms with Crippen molar-refractivity contribution in [3.05, 3.63) is 65.9 Å². The summed E-state index contributed by atoms with van der Waals surface area (Å²) >= 11 is 2.89. The number of hydrazone groups is 1. The Morgan fingerprint density at radius 2 is 2.00 bits per heavy atom. The lowest BCUT2D eigenvalue weighted by atomic mass is 10.1. The van der Waals surface area contributed by atoms with Crippen molar-refractivity contribution in [3.63, 3.8) is 0 Å². The van der Waals surface area contributed by atoms with Gasteiger partial charge in [0.15, 0.2) is 10.9 Å². The van der Waals surface area contributed by atoms with E-state index in [4.69, 9.17) is 9.83 Å². The highest BCUT2D eigenvalue weighted by Gasteiger charge is 2.35. The van der Waals surface area contributed by atoms with Crippen LogP contribution in [-0.2, 0) is 4.79 Å². The van der Waals surface area contributed by atoms with Gasteiger partial charge >= 0.3 is 0 Å². The number of hydrogen-bond donors (Lipinski definition) is 1. The summed E-state index contributed by atoms with van der Waals surface area (Å²) in [5.41, 5.74) is 0.172. The molecular weight excluding hydrogens is 440 g/mol. The van der Waals surface area contributed by atoms with Crippen molar-refractivity contribution in [2.75, 3.05) is 0 Å². The summed E-state index contributed by atoms with van der Waals surface area (Å²) in [7, 11) is 0. The maximum Gasteiger partial charge on any atom is 0.283 e. The van der Waals surface area contributed by atoms with Crippen LogP contribution in [0.15, 0.2) is 84.7 Å². The minimum absolute atomic E-state index is 0.0265. The van der Waals surface area contributed by atoms with Crippen LogP contribution in [0.1, 0.15) is 31.9 Å². The molecule has 2 aromatic carbocycles. The molecule has 1 N–H and O–H groups in total. The number of unbranched alkanes of at least 4 members (excludes halogenated alkanes) is 1. The molecule has 0 spiro atoms. The molecule has 3 heterocycles. The lowest BCUT2D eigenvalue weighted by molar-refractivity contribution is -0.114. The van der Waals surface area contributed by atoms with Crippen molar-refractivity contribution in [3.8, 4) is 0 Å². The second kappa shape index (κ2) is 8.80. The number of fused-ring (bicyclic) bond motifs is 2. The first kappa shape index (κ1) is 20.8. The van der Waals surface area contributed by atoms with Gasteiger partial charge in [0.05, 0.1) is 5.57 Å². The molecule has 0 fully saturated rings. The molecule has 160 valence electrons. The predicted octanol–water partition coefficient (Wildman–Crippen LogP) is 6.39. The number of hydrogen-bond acceptors (Lipinski definition) is 6. The molecule has 8 heteroatoms. The van der Waals surface area contributed by atoms with Crippen molar-refractivity contribution >= 4 is 62.3 Å². The van der Waals surface area contributed by atoms with Gasteiger partial charge in [-0.2, -0.15) is 15.1 Å². The third-order valence-corrected chi connectivity index (χ3v) is 7.05. The first-order chi connectivity index (χ1) is 15.6. The standard InChI is InChI=1S/C24H20N4O2S2/c1-2-3-11-20-27-28-22(25)18(23(29)26-24(28)32-20)14-16-12-13-21(30-16)31-19-10-6-8-15-7-4-5-9-17(15)19/h4-10,12-14,25H,2-3,11H2,1H3/b18-14+,25-22?. The third-order valence-electron chi connectivity index (χ3n) is 5.09. The van der Waals surface area contributed by atoms with E-state index in [-0.39, 0.29) is 11.4 Å². The molecule has 5 rings (SSSR count). The summed E-state index contributed by atoms with van der Waals surface area (Å²) in [5.74, 6) is 0.0838. The third kappa shape index (κ3) is 4.03. The maximum atomic E-state index is 12.6. The van der Waals surface area contributed by atoms with Crippen LogP contribution in [0.2, 0.25) is 0 Å². The van der Waals surface area contributed by atoms with E-state index >= 15 is 0 Å². The van der Waals surface area contributed by atoms with E-state index in [2.05, 4.69) is 41.3 Å². The Morgan fingerprint density at radius 1 is 1.16 bits per heavy atom. The Morgan fingerprint density at radius 3 is 2.88 bits per heavy atom. The fourth-order valence-electron chi connectivity index (χ4n) is 3.46. The van der Waals surface area contributed by atoms with E-state index in [0.29, 0.717) is 16.0 Å². The molecular formula is C24H20N4O2S2. The summed E-state index contributed by atoms with van der Waals surface area (Å²) in [6.07, 6.45) is 4.47.